The zero-order chi connectivity index (χ0) is 12.2. The van der Waals surface area contributed by atoms with Crippen LogP contribution in [-0.2, 0) is 12.6 Å². The second-order valence-electron chi connectivity index (χ2n) is 3.92. The van der Waals surface area contributed by atoms with Gasteiger partial charge in [0.1, 0.15) is 0 Å². The topological polar surface area (TPSA) is 12.9 Å². The third kappa shape index (κ3) is 3.22. The number of hydrogen-bond acceptors (Lipinski definition) is 1. The van der Waals surface area contributed by atoms with Crippen molar-refractivity contribution in [2.45, 2.75) is 39.3 Å². The summed E-state index contributed by atoms with van der Waals surface area (Å²) >= 11 is 0. The Balaban J connectivity index is 2.95. The van der Waals surface area contributed by atoms with Crippen molar-refractivity contribution in [3.05, 3.63) is 29.6 Å². The van der Waals surface area contributed by atoms with Crippen LogP contribution in [-0.4, -0.2) is 4.98 Å². The lowest BCUT2D eigenvalue weighted by molar-refractivity contribution is -0.138. The fourth-order valence-electron chi connectivity index (χ4n) is 1.75. The Morgan fingerprint density at radius 3 is 2.38 bits per heavy atom. The molecule has 90 valence electrons. The van der Waals surface area contributed by atoms with E-state index >= 15 is 0 Å². The average molecular weight is 231 g/mol. The molecule has 0 N–H and O–H groups in total. The van der Waals surface area contributed by atoms with E-state index in [9.17, 15) is 13.2 Å². The maximum Gasteiger partial charge on any atom is 0.416 e. The molecule has 0 atom stereocenters. The molecule has 1 rings (SSSR count). The van der Waals surface area contributed by atoms with Crippen LogP contribution in [0.15, 0.2) is 18.5 Å². The number of halogens is 3. The summed E-state index contributed by atoms with van der Waals surface area (Å²) in [5.74, 6) is 0.297. The van der Waals surface area contributed by atoms with Gasteiger partial charge in [0.25, 0.3) is 0 Å². The van der Waals surface area contributed by atoms with Crippen LogP contribution in [0.3, 0.4) is 0 Å². The van der Waals surface area contributed by atoms with Gasteiger partial charge in [0.15, 0.2) is 0 Å². The molecule has 1 nitrogen and oxygen atoms in total. The molecule has 0 amide bonds. The highest BCUT2D eigenvalue weighted by Crippen LogP contribution is 2.32. The summed E-state index contributed by atoms with van der Waals surface area (Å²) in [7, 11) is 0. The standard InChI is InChI=1S/C12H16F3N/c1-3-9(4-2)7-10-8-16-6-5-11(10)12(13,14)15/h5-6,8-9H,3-4,7H2,1-2H3. The molecule has 0 unspecified atom stereocenters. The lowest BCUT2D eigenvalue weighted by atomic mass is 9.93. The van der Waals surface area contributed by atoms with Crippen LogP contribution in [0.4, 0.5) is 13.2 Å². The van der Waals surface area contributed by atoms with Crippen LogP contribution in [0.2, 0.25) is 0 Å². The van der Waals surface area contributed by atoms with Crippen molar-refractivity contribution in [3.8, 4) is 0 Å². The number of rotatable bonds is 4. The van der Waals surface area contributed by atoms with Crippen LogP contribution in [0.1, 0.15) is 37.8 Å². The van der Waals surface area contributed by atoms with E-state index < -0.39 is 11.7 Å². The van der Waals surface area contributed by atoms with E-state index in [0.29, 0.717) is 17.9 Å². The average Bonchev–Trinajstić information content (AvgIpc) is 2.25. The predicted molar refractivity (Wildman–Crippen MR) is 57.0 cm³/mol. The number of hydrogen-bond donors (Lipinski definition) is 0. The van der Waals surface area contributed by atoms with Crippen molar-refractivity contribution < 1.29 is 13.2 Å². The molecular formula is C12H16F3N. The lowest BCUT2D eigenvalue weighted by Crippen LogP contribution is -2.12. The van der Waals surface area contributed by atoms with Crippen LogP contribution in [0.5, 0.6) is 0 Å². The first kappa shape index (κ1) is 13.0. The molecule has 1 aromatic rings. The van der Waals surface area contributed by atoms with Crippen LogP contribution in [0.25, 0.3) is 0 Å². The lowest BCUT2D eigenvalue weighted by Gasteiger charge is -2.16. The largest absolute Gasteiger partial charge is 0.416 e. The Morgan fingerprint density at radius 2 is 1.88 bits per heavy atom. The summed E-state index contributed by atoms with van der Waals surface area (Å²) in [6, 6.07) is 1.05. The summed E-state index contributed by atoms with van der Waals surface area (Å²) in [5.41, 5.74) is -0.238. The zero-order valence-electron chi connectivity index (χ0n) is 9.51. The minimum atomic E-state index is -4.27. The van der Waals surface area contributed by atoms with E-state index in [4.69, 9.17) is 0 Å². The quantitative estimate of drug-likeness (QED) is 0.760. The summed E-state index contributed by atoms with van der Waals surface area (Å²) < 4.78 is 38.0. The van der Waals surface area contributed by atoms with E-state index in [2.05, 4.69) is 4.98 Å². The molecule has 0 fully saturated rings. The van der Waals surface area contributed by atoms with Gasteiger partial charge in [-0.3, -0.25) is 4.98 Å². The van der Waals surface area contributed by atoms with Crippen molar-refractivity contribution >= 4 is 0 Å². The molecule has 0 bridgehead atoms. The third-order valence-electron chi connectivity index (χ3n) is 2.87. The monoisotopic (exact) mass is 231 g/mol. The second kappa shape index (κ2) is 5.32. The van der Waals surface area contributed by atoms with Crippen molar-refractivity contribution in [1.29, 1.82) is 0 Å². The molecule has 1 aromatic heterocycles. The van der Waals surface area contributed by atoms with Gasteiger partial charge in [-0.05, 0) is 24.0 Å². The maximum absolute atomic E-state index is 12.7. The summed E-state index contributed by atoms with van der Waals surface area (Å²) in [6.45, 7) is 4.00. The highest BCUT2D eigenvalue weighted by atomic mass is 19.4. The van der Waals surface area contributed by atoms with Gasteiger partial charge in [0.2, 0.25) is 0 Å². The zero-order valence-corrected chi connectivity index (χ0v) is 9.51. The maximum atomic E-state index is 12.7. The number of aromatic nitrogens is 1. The minimum absolute atomic E-state index is 0.297. The Bertz CT molecular complexity index is 329. The number of pyridine rings is 1. The van der Waals surface area contributed by atoms with Gasteiger partial charge < -0.3 is 0 Å². The van der Waals surface area contributed by atoms with Gasteiger partial charge in [-0.1, -0.05) is 26.7 Å². The highest BCUT2D eigenvalue weighted by molar-refractivity contribution is 5.26. The Labute approximate surface area is 93.7 Å². The smallest absolute Gasteiger partial charge is 0.264 e. The summed E-state index contributed by atoms with van der Waals surface area (Å²) in [6.07, 6.45) is 0.492. The van der Waals surface area contributed by atoms with E-state index in [1.807, 2.05) is 13.8 Å². The Kier molecular flexibility index (Phi) is 4.33. The molecule has 16 heavy (non-hydrogen) atoms. The number of nitrogens with zero attached hydrogens (tertiary/aromatic N) is 1. The predicted octanol–water partition coefficient (Wildman–Crippen LogP) is 4.08. The van der Waals surface area contributed by atoms with E-state index in [1.165, 1.54) is 12.4 Å². The molecule has 0 saturated heterocycles. The van der Waals surface area contributed by atoms with Gasteiger partial charge in [0, 0.05) is 12.4 Å². The SMILES string of the molecule is CCC(CC)Cc1cnccc1C(F)(F)F. The Hall–Kier alpha value is -1.06. The van der Waals surface area contributed by atoms with Crippen molar-refractivity contribution in [3.63, 3.8) is 0 Å². The summed E-state index contributed by atoms with van der Waals surface area (Å²) in [5, 5.41) is 0. The van der Waals surface area contributed by atoms with Crippen molar-refractivity contribution in [2.75, 3.05) is 0 Å². The minimum Gasteiger partial charge on any atom is -0.264 e. The molecule has 0 spiro atoms. The van der Waals surface area contributed by atoms with Crippen LogP contribution >= 0.6 is 0 Å². The molecule has 0 radical (unpaired) electrons. The second-order valence-corrected chi connectivity index (χ2v) is 3.92. The van der Waals surface area contributed by atoms with E-state index in [0.717, 1.165) is 18.9 Å². The molecule has 0 aliphatic heterocycles. The number of alkyl halides is 3. The van der Waals surface area contributed by atoms with E-state index in [1.54, 1.807) is 0 Å². The van der Waals surface area contributed by atoms with Gasteiger partial charge in [0.05, 0.1) is 5.56 Å². The van der Waals surface area contributed by atoms with Gasteiger partial charge in [-0.2, -0.15) is 13.2 Å². The molecule has 0 aliphatic carbocycles. The fraction of sp³-hybridized carbons (Fsp3) is 0.583. The van der Waals surface area contributed by atoms with E-state index in [-0.39, 0.29) is 0 Å². The van der Waals surface area contributed by atoms with Gasteiger partial charge in [-0.25, -0.2) is 0 Å². The summed E-state index contributed by atoms with van der Waals surface area (Å²) in [4.78, 5) is 3.78. The third-order valence-corrected chi connectivity index (χ3v) is 2.87. The van der Waals surface area contributed by atoms with Gasteiger partial charge in [-0.15, -0.1) is 0 Å². The van der Waals surface area contributed by atoms with Crippen molar-refractivity contribution in [2.24, 2.45) is 5.92 Å². The fourth-order valence-corrected chi connectivity index (χ4v) is 1.75. The molecule has 4 heteroatoms. The highest BCUT2D eigenvalue weighted by Gasteiger charge is 2.33. The Morgan fingerprint density at radius 1 is 1.25 bits per heavy atom. The first-order valence-corrected chi connectivity index (χ1v) is 5.49. The first-order valence-electron chi connectivity index (χ1n) is 5.49. The molecule has 1 heterocycles. The van der Waals surface area contributed by atoms with Crippen LogP contribution in [0, 0.1) is 5.92 Å². The molecule has 0 aliphatic rings. The van der Waals surface area contributed by atoms with Crippen LogP contribution < -0.4 is 0 Å². The normalized spacial score (nSPS) is 12.1. The van der Waals surface area contributed by atoms with Gasteiger partial charge >= 0.3 is 6.18 Å². The first-order chi connectivity index (χ1) is 7.49. The molecule has 0 saturated carbocycles. The molecular weight excluding hydrogens is 215 g/mol. The van der Waals surface area contributed by atoms with Crippen molar-refractivity contribution in [1.82, 2.24) is 4.98 Å². The molecule has 0 aromatic carbocycles.